The molecular weight excluding hydrogens is 375 g/mol. The first-order valence-corrected chi connectivity index (χ1v) is 10.4. The van der Waals surface area contributed by atoms with Crippen LogP contribution in [-0.2, 0) is 9.53 Å². The van der Waals surface area contributed by atoms with E-state index in [1.807, 2.05) is 6.92 Å². The largest absolute Gasteiger partial charge is 0.396 e. The van der Waals surface area contributed by atoms with E-state index in [9.17, 15) is 9.18 Å². The number of para-hydroxylation sites is 1. The lowest BCUT2D eigenvalue weighted by Gasteiger charge is -2.34. The standard InChI is InChI=1S/C21H31FN4O3/c1-14(26(15-7-8-15)21(28)18-13-24-10-12-29-18)19(23)16-5-4-6-17(22)20(16)25-9-2-3-11-27/h4-6,14-15,18,23-25,27H,2-3,7-13H2,1H3/t14-,18-/m1/s1. The van der Waals surface area contributed by atoms with E-state index in [1.54, 1.807) is 17.0 Å². The average molecular weight is 407 g/mol. The highest BCUT2D eigenvalue weighted by Crippen LogP contribution is 2.32. The Morgan fingerprint density at radius 3 is 2.90 bits per heavy atom. The second-order valence-electron chi connectivity index (χ2n) is 7.65. The van der Waals surface area contributed by atoms with Crippen molar-refractivity contribution in [3.05, 3.63) is 29.6 Å². The fourth-order valence-electron chi connectivity index (χ4n) is 3.67. The monoisotopic (exact) mass is 406 g/mol. The number of amides is 1. The number of nitrogens with zero attached hydrogens (tertiary/aromatic N) is 1. The molecule has 1 saturated carbocycles. The van der Waals surface area contributed by atoms with E-state index in [4.69, 9.17) is 15.3 Å². The van der Waals surface area contributed by atoms with E-state index in [0.717, 1.165) is 19.4 Å². The van der Waals surface area contributed by atoms with Gasteiger partial charge in [-0.1, -0.05) is 12.1 Å². The van der Waals surface area contributed by atoms with Crippen LogP contribution in [0.3, 0.4) is 0 Å². The minimum atomic E-state index is -0.539. The second-order valence-corrected chi connectivity index (χ2v) is 7.65. The normalized spacial score (nSPS) is 20.2. The number of hydrogen-bond acceptors (Lipinski definition) is 6. The van der Waals surface area contributed by atoms with Gasteiger partial charge in [0.05, 0.1) is 24.0 Å². The van der Waals surface area contributed by atoms with E-state index in [-0.39, 0.29) is 30.0 Å². The predicted octanol–water partition coefficient (Wildman–Crippen LogP) is 1.75. The van der Waals surface area contributed by atoms with Crippen LogP contribution in [-0.4, -0.2) is 72.7 Å². The van der Waals surface area contributed by atoms with Crippen LogP contribution in [0.5, 0.6) is 0 Å². The van der Waals surface area contributed by atoms with Gasteiger partial charge in [0.1, 0.15) is 11.9 Å². The molecule has 1 aromatic rings. The van der Waals surface area contributed by atoms with E-state index in [2.05, 4.69) is 10.6 Å². The molecule has 29 heavy (non-hydrogen) atoms. The lowest BCUT2D eigenvalue weighted by Crippen LogP contribution is -2.54. The van der Waals surface area contributed by atoms with Gasteiger partial charge in [0.25, 0.3) is 5.91 Å². The number of benzene rings is 1. The van der Waals surface area contributed by atoms with Gasteiger partial charge in [0.2, 0.25) is 0 Å². The molecule has 3 rings (SSSR count). The quantitative estimate of drug-likeness (QED) is 0.351. The number of unbranched alkanes of at least 4 members (excludes halogenated alkanes) is 1. The Bertz CT molecular complexity index is 720. The maximum absolute atomic E-state index is 14.5. The molecular formula is C21H31FN4O3. The van der Waals surface area contributed by atoms with E-state index in [1.165, 1.54) is 6.07 Å². The Balaban J connectivity index is 1.77. The second kappa shape index (κ2) is 10.1. The molecule has 2 atom stereocenters. The van der Waals surface area contributed by atoms with Crippen molar-refractivity contribution < 1.29 is 19.0 Å². The summed E-state index contributed by atoms with van der Waals surface area (Å²) in [7, 11) is 0. The molecule has 1 saturated heterocycles. The van der Waals surface area contributed by atoms with Crippen LogP contribution < -0.4 is 10.6 Å². The molecule has 0 unspecified atom stereocenters. The summed E-state index contributed by atoms with van der Waals surface area (Å²) in [5, 5.41) is 23.9. The maximum Gasteiger partial charge on any atom is 0.253 e. The fourth-order valence-corrected chi connectivity index (χ4v) is 3.67. The molecule has 2 fully saturated rings. The maximum atomic E-state index is 14.5. The van der Waals surface area contributed by atoms with Crippen molar-refractivity contribution >= 4 is 17.3 Å². The molecule has 1 aliphatic carbocycles. The number of carbonyl (C=O) groups is 1. The van der Waals surface area contributed by atoms with Crippen molar-refractivity contribution in [2.24, 2.45) is 0 Å². The third-order valence-corrected chi connectivity index (χ3v) is 5.42. The molecule has 4 N–H and O–H groups in total. The van der Waals surface area contributed by atoms with Crippen LogP contribution in [0.1, 0.15) is 38.2 Å². The number of aliphatic hydroxyl groups is 1. The van der Waals surface area contributed by atoms with Crippen molar-refractivity contribution in [3.63, 3.8) is 0 Å². The molecule has 1 heterocycles. The van der Waals surface area contributed by atoms with Crippen LogP contribution >= 0.6 is 0 Å². The first kappa shape index (κ1) is 21.7. The Kier molecular flexibility index (Phi) is 7.57. The third kappa shape index (κ3) is 5.32. The highest BCUT2D eigenvalue weighted by molar-refractivity contribution is 6.07. The van der Waals surface area contributed by atoms with E-state index in [0.29, 0.717) is 38.1 Å². The smallest absolute Gasteiger partial charge is 0.253 e. The van der Waals surface area contributed by atoms with Crippen molar-refractivity contribution in [2.45, 2.75) is 50.8 Å². The Morgan fingerprint density at radius 2 is 2.24 bits per heavy atom. The molecule has 0 bridgehead atoms. The first-order chi connectivity index (χ1) is 14.0. The number of rotatable bonds is 10. The SMILES string of the molecule is C[C@H](C(=N)c1cccc(F)c1NCCCCO)N(C(=O)[C@H]1CNCCO1)C1CC1. The Morgan fingerprint density at radius 1 is 1.45 bits per heavy atom. The summed E-state index contributed by atoms with van der Waals surface area (Å²) >= 11 is 0. The summed E-state index contributed by atoms with van der Waals surface area (Å²) in [5.41, 5.74) is 0.946. The van der Waals surface area contributed by atoms with Gasteiger partial charge in [-0.25, -0.2) is 4.39 Å². The zero-order valence-corrected chi connectivity index (χ0v) is 16.9. The number of aliphatic hydroxyl groups excluding tert-OH is 1. The highest BCUT2D eigenvalue weighted by Gasteiger charge is 2.41. The van der Waals surface area contributed by atoms with Gasteiger partial charge in [-0.15, -0.1) is 0 Å². The minimum Gasteiger partial charge on any atom is -0.396 e. The minimum absolute atomic E-state index is 0.0925. The Hall–Kier alpha value is -2.03. The lowest BCUT2D eigenvalue weighted by atomic mass is 9.99. The van der Waals surface area contributed by atoms with Gasteiger partial charge in [-0.3, -0.25) is 4.79 Å². The van der Waals surface area contributed by atoms with E-state index < -0.39 is 18.0 Å². The zero-order chi connectivity index (χ0) is 20.8. The number of ether oxygens (including phenoxy) is 1. The molecule has 8 heteroatoms. The molecule has 2 aliphatic rings. The predicted molar refractivity (Wildman–Crippen MR) is 110 cm³/mol. The number of hydrogen-bond donors (Lipinski definition) is 4. The number of nitrogens with one attached hydrogen (secondary N) is 3. The molecule has 0 radical (unpaired) electrons. The summed E-state index contributed by atoms with van der Waals surface area (Å²) in [6, 6.07) is 4.28. The van der Waals surface area contributed by atoms with Crippen LogP contribution in [0.2, 0.25) is 0 Å². The van der Waals surface area contributed by atoms with Crippen molar-refractivity contribution in [1.82, 2.24) is 10.2 Å². The molecule has 1 aliphatic heterocycles. The van der Waals surface area contributed by atoms with Gasteiger partial charge in [-0.2, -0.15) is 0 Å². The number of anilines is 1. The zero-order valence-electron chi connectivity index (χ0n) is 16.9. The van der Waals surface area contributed by atoms with Crippen molar-refractivity contribution in [2.75, 3.05) is 38.2 Å². The summed E-state index contributed by atoms with van der Waals surface area (Å²) in [6.07, 6.45) is 2.62. The van der Waals surface area contributed by atoms with Gasteiger partial charge in [0.15, 0.2) is 0 Å². The topological polar surface area (TPSA) is 97.7 Å². The summed E-state index contributed by atoms with van der Waals surface area (Å²) in [6.45, 7) is 4.12. The van der Waals surface area contributed by atoms with Gasteiger partial charge >= 0.3 is 0 Å². The van der Waals surface area contributed by atoms with Crippen molar-refractivity contribution in [3.8, 4) is 0 Å². The van der Waals surface area contributed by atoms with Crippen LogP contribution in [0, 0.1) is 11.2 Å². The van der Waals surface area contributed by atoms with Crippen LogP contribution in [0.4, 0.5) is 10.1 Å². The third-order valence-electron chi connectivity index (χ3n) is 5.42. The van der Waals surface area contributed by atoms with Crippen LogP contribution in [0.25, 0.3) is 0 Å². The highest BCUT2D eigenvalue weighted by atomic mass is 19.1. The lowest BCUT2D eigenvalue weighted by molar-refractivity contribution is -0.146. The number of carbonyl (C=O) groups excluding carboxylic acids is 1. The van der Waals surface area contributed by atoms with E-state index >= 15 is 0 Å². The van der Waals surface area contributed by atoms with Gasteiger partial charge in [-0.05, 0) is 38.7 Å². The van der Waals surface area contributed by atoms with Gasteiger partial charge in [0, 0.05) is 37.8 Å². The van der Waals surface area contributed by atoms with Crippen molar-refractivity contribution in [1.29, 1.82) is 5.41 Å². The molecule has 1 aromatic carbocycles. The fraction of sp³-hybridized carbons (Fsp3) is 0.619. The number of halogens is 1. The summed E-state index contributed by atoms with van der Waals surface area (Å²) < 4.78 is 20.1. The molecule has 0 spiro atoms. The molecule has 1 amide bonds. The van der Waals surface area contributed by atoms with Crippen LogP contribution in [0.15, 0.2) is 18.2 Å². The number of morpholine rings is 1. The average Bonchev–Trinajstić information content (AvgIpc) is 3.57. The summed E-state index contributed by atoms with van der Waals surface area (Å²) in [5.74, 6) is -0.529. The molecule has 7 nitrogen and oxygen atoms in total. The Labute approximate surface area is 171 Å². The van der Waals surface area contributed by atoms with Gasteiger partial charge < -0.3 is 30.8 Å². The first-order valence-electron chi connectivity index (χ1n) is 10.4. The molecule has 160 valence electrons. The summed E-state index contributed by atoms with van der Waals surface area (Å²) in [4.78, 5) is 14.9. The molecule has 0 aromatic heterocycles.